The van der Waals surface area contributed by atoms with Crippen LogP contribution in [0.5, 0.6) is 0 Å². The molecular formula is C14H16BrFN2O3. The third-order valence-corrected chi connectivity index (χ3v) is 4.01. The van der Waals surface area contributed by atoms with Crippen molar-refractivity contribution in [2.24, 2.45) is 0 Å². The largest absolute Gasteiger partial charge is 0.481 e. The van der Waals surface area contributed by atoms with Gasteiger partial charge in [0.25, 0.3) is 0 Å². The number of amides is 1. The number of aliphatic carboxylic acids is 1. The number of halogens is 2. The van der Waals surface area contributed by atoms with Crippen LogP contribution in [0.1, 0.15) is 24.8 Å². The van der Waals surface area contributed by atoms with Gasteiger partial charge in [0.05, 0.1) is 5.54 Å². The zero-order valence-corrected chi connectivity index (χ0v) is 12.9. The van der Waals surface area contributed by atoms with E-state index in [-0.39, 0.29) is 0 Å². The lowest BCUT2D eigenvalue weighted by Gasteiger charge is -2.39. The third-order valence-electron chi connectivity index (χ3n) is 3.52. The first-order valence-electron chi connectivity index (χ1n) is 6.62. The van der Waals surface area contributed by atoms with E-state index >= 15 is 0 Å². The molecule has 0 radical (unpaired) electrons. The normalized spacial score (nSPS) is 21.8. The Morgan fingerprint density at radius 1 is 1.48 bits per heavy atom. The van der Waals surface area contributed by atoms with Gasteiger partial charge >= 0.3 is 5.97 Å². The van der Waals surface area contributed by atoms with Crippen molar-refractivity contribution in [1.29, 1.82) is 0 Å². The summed E-state index contributed by atoms with van der Waals surface area (Å²) in [7, 11) is 0. The van der Waals surface area contributed by atoms with E-state index in [2.05, 4.69) is 26.6 Å². The fourth-order valence-electron chi connectivity index (χ4n) is 2.64. The molecule has 1 fully saturated rings. The van der Waals surface area contributed by atoms with Gasteiger partial charge in [0, 0.05) is 16.6 Å². The summed E-state index contributed by atoms with van der Waals surface area (Å²) in [5.74, 6) is -2.25. The average molecular weight is 359 g/mol. The first kappa shape index (κ1) is 15.9. The van der Waals surface area contributed by atoms with Gasteiger partial charge in [-0.05, 0) is 31.5 Å². The molecule has 21 heavy (non-hydrogen) atoms. The van der Waals surface area contributed by atoms with E-state index in [1.165, 1.54) is 6.07 Å². The SMILES string of the molecule is O=C(O)CC(=O)N[C@]1(c2ccc(Br)cc2F)CCCNC1. The molecule has 0 unspecified atom stereocenters. The van der Waals surface area contributed by atoms with Crippen molar-refractivity contribution in [3.63, 3.8) is 0 Å². The maximum Gasteiger partial charge on any atom is 0.312 e. The molecule has 5 nitrogen and oxygen atoms in total. The second-order valence-corrected chi connectivity index (χ2v) is 6.02. The standard InChI is InChI=1S/C14H16BrFN2O3/c15-9-2-3-10(11(16)6-9)14(4-1-5-17-8-14)18-12(19)7-13(20)21/h2-3,6,17H,1,4-5,7-8H2,(H,18,19)(H,20,21)/t14-/m1/s1. The highest BCUT2D eigenvalue weighted by Crippen LogP contribution is 2.32. The lowest BCUT2D eigenvalue weighted by molar-refractivity contribution is -0.141. The number of piperidine rings is 1. The summed E-state index contributed by atoms with van der Waals surface area (Å²) in [4.78, 5) is 22.5. The maximum atomic E-state index is 14.3. The Kier molecular flexibility index (Phi) is 4.95. The zero-order chi connectivity index (χ0) is 15.5. The number of rotatable bonds is 4. The lowest BCUT2D eigenvalue weighted by atomic mass is 9.82. The van der Waals surface area contributed by atoms with Crippen LogP contribution in [-0.2, 0) is 15.1 Å². The Morgan fingerprint density at radius 3 is 2.81 bits per heavy atom. The van der Waals surface area contributed by atoms with Crippen LogP contribution in [-0.4, -0.2) is 30.1 Å². The predicted molar refractivity (Wildman–Crippen MR) is 78.3 cm³/mol. The average Bonchev–Trinajstić information content (AvgIpc) is 2.38. The van der Waals surface area contributed by atoms with Crippen molar-refractivity contribution in [2.45, 2.75) is 24.8 Å². The molecule has 1 atom stereocenters. The molecule has 2 rings (SSSR count). The molecule has 1 saturated heterocycles. The van der Waals surface area contributed by atoms with Crippen molar-refractivity contribution >= 4 is 27.8 Å². The molecule has 1 aromatic carbocycles. The predicted octanol–water partition coefficient (Wildman–Crippen LogP) is 1.76. The topological polar surface area (TPSA) is 78.4 Å². The van der Waals surface area contributed by atoms with E-state index in [1.807, 2.05) is 0 Å². The summed E-state index contributed by atoms with van der Waals surface area (Å²) in [6, 6.07) is 4.67. The Labute approximate surface area is 130 Å². The molecule has 0 aromatic heterocycles. The molecule has 114 valence electrons. The van der Waals surface area contributed by atoms with Gasteiger partial charge < -0.3 is 15.7 Å². The summed E-state index contributed by atoms with van der Waals surface area (Å²) in [6.07, 6.45) is 0.701. The minimum atomic E-state index is -1.21. The summed E-state index contributed by atoms with van der Waals surface area (Å²) < 4.78 is 14.9. The van der Waals surface area contributed by atoms with Crippen LogP contribution < -0.4 is 10.6 Å². The fraction of sp³-hybridized carbons (Fsp3) is 0.429. The highest BCUT2D eigenvalue weighted by atomic mass is 79.9. The molecule has 1 aliphatic heterocycles. The second-order valence-electron chi connectivity index (χ2n) is 5.11. The molecular weight excluding hydrogens is 343 g/mol. The number of nitrogens with one attached hydrogen (secondary N) is 2. The van der Waals surface area contributed by atoms with Gasteiger partial charge in [-0.3, -0.25) is 9.59 Å². The van der Waals surface area contributed by atoms with Crippen LogP contribution in [0.15, 0.2) is 22.7 Å². The number of hydrogen-bond donors (Lipinski definition) is 3. The quantitative estimate of drug-likeness (QED) is 0.716. The Balaban J connectivity index is 2.32. The van der Waals surface area contributed by atoms with E-state index in [1.54, 1.807) is 12.1 Å². The van der Waals surface area contributed by atoms with Gasteiger partial charge in [-0.1, -0.05) is 22.0 Å². The number of carboxylic acids is 1. The highest BCUT2D eigenvalue weighted by molar-refractivity contribution is 9.10. The number of carbonyl (C=O) groups excluding carboxylic acids is 1. The van der Waals surface area contributed by atoms with E-state index < -0.39 is 29.7 Å². The summed E-state index contributed by atoms with van der Waals surface area (Å²) in [5, 5.41) is 14.5. The number of benzene rings is 1. The summed E-state index contributed by atoms with van der Waals surface area (Å²) in [6.45, 7) is 1.16. The van der Waals surface area contributed by atoms with E-state index in [4.69, 9.17) is 5.11 Å². The van der Waals surface area contributed by atoms with Crippen LogP contribution in [0.3, 0.4) is 0 Å². The molecule has 0 aliphatic carbocycles. The smallest absolute Gasteiger partial charge is 0.312 e. The van der Waals surface area contributed by atoms with Crippen LogP contribution in [0.4, 0.5) is 4.39 Å². The summed E-state index contributed by atoms with van der Waals surface area (Å²) in [5.41, 5.74) is -0.535. The van der Waals surface area contributed by atoms with E-state index in [9.17, 15) is 14.0 Å². The second kappa shape index (κ2) is 6.53. The van der Waals surface area contributed by atoms with Gasteiger partial charge in [0.15, 0.2) is 0 Å². The molecule has 1 aliphatic rings. The monoisotopic (exact) mass is 358 g/mol. The van der Waals surface area contributed by atoms with Crippen LogP contribution in [0.2, 0.25) is 0 Å². The third kappa shape index (κ3) is 3.79. The Bertz CT molecular complexity index is 559. The molecule has 1 amide bonds. The van der Waals surface area contributed by atoms with Gasteiger partial charge in [-0.15, -0.1) is 0 Å². The Morgan fingerprint density at radius 2 is 2.24 bits per heavy atom. The molecule has 1 aromatic rings. The highest BCUT2D eigenvalue weighted by Gasteiger charge is 2.37. The number of carbonyl (C=O) groups is 2. The van der Waals surface area contributed by atoms with Crippen molar-refractivity contribution in [3.05, 3.63) is 34.1 Å². The fourth-order valence-corrected chi connectivity index (χ4v) is 2.97. The van der Waals surface area contributed by atoms with Crippen molar-refractivity contribution < 1.29 is 19.1 Å². The van der Waals surface area contributed by atoms with E-state index in [0.717, 1.165) is 13.0 Å². The molecule has 0 saturated carbocycles. The lowest BCUT2D eigenvalue weighted by Crippen LogP contribution is -2.55. The summed E-state index contributed by atoms with van der Waals surface area (Å²) >= 11 is 3.20. The molecule has 3 N–H and O–H groups in total. The van der Waals surface area contributed by atoms with Gasteiger partial charge in [-0.2, -0.15) is 0 Å². The van der Waals surface area contributed by atoms with Crippen molar-refractivity contribution in [1.82, 2.24) is 10.6 Å². The first-order chi connectivity index (χ1) is 9.93. The van der Waals surface area contributed by atoms with Gasteiger partial charge in [0.2, 0.25) is 5.91 Å². The minimum Gasteiger partial charge on any atom is -0.481 e. The van der Waals surface area contributed by atoms with Crippen LogP contribution in [0, 0.1) is 5.82 Å². The maximum absolute atomic E-state index is 14.3. The Hall–Kier alpha value is -1.47. The molecule has 0 spiro atoms. The molecule has 7 heteroatoms. The van der Waals surface area contributed by atoms with Gasteiger partial charge in [-0.25, -0.2) is 4.39 Å². The molecule has 1 heterocycles. The minimum absolute atomic E-state index is 0.372. The van der Waals surface area contributed by atoms with Crippen molar-refractivity contribution in [2.75, 3.05) is 13.1 Å². The number of carboxylic acid groups (broad SMARTS) is 1. The van der Waals surface area contributed by atoms with E-state index in [0.29, 0.717) is 23.0 Å². The first-order valence-corrected chi connectivity index (χ1v) is 7.41. The molecule has 0 bridgehead atoms. The van der Waals surface area contributed by atoms with Crippen molar-refractivity contribution in [3.8, 4) is 0 Å². The van der Waals surface area contributed by atoms with Crippen LogP contribution in [0.25, 0.3) is 0 Å². The van der Waals surface area contributed by atoms with Gasteiger partial charge in [0.1, 0.15) is 12.2 Å². The van der Waals surface area contributed by atoms with Crippen LogP contribution >= 0.6 is 15.9 Å². The number of hydrogen-bond acceptors (Lipinski definition) is 3. The zero-order valence-electron chi connectivity index (χ0n) is 11.3.